The first-order chi connectivity index (χ1) is 11.3. The highest BCUT2D eigenvalue weighted by atomic mass is 16.5. The van der Waals surface area contributed by atoms with Gasteiger partial charge < -0.3 is 19.9 Å². The van der Waals surface area contributed by atoms with Crippen LogP contribution in [0.3, 0.4) is 0 Å². The summed E-state index contributed by atoms with van der Waals surface area (Å²) in [4.78, 5) is 9.93. The van der Waals surface area contributed by atoms with E-state index >= 15 is 0 Å². The molecule has 0 saturated carbocycles. The summed E-state index contributed by atoms with van der Waals surface area (Å²) in [5.74, 6) is 1.57. The van der Waals surface area contributed by atoms with Crippen molar-refractivity contribution in [2.75, 3.05) is 40.4 Å². The number of nitrogens with one attached hydrogen (secondary N) is 2. The first-order valence-electron chi connectivity index (χ1n) is 8.32. The molecule has 23 heavy (non-hydrogen) atoms. The summed E-state index contributed by atoms with van der Waals surface area (Å²) < 4.78 is 5.45. The third-order valence-electron chi connectivity index (χ3n) is 4.48. The van der Waals surface area contributed by atoms with E-state index in [0.717, 1.165) is 45.1 Å². The van der Waals surface area contributed by atoms with Gasteiger partial charge in [-0.25, -0.2) is 0 Å². The number of hydrogen-bond acceptors (Lipinski definition) is 2. The van der Waals surface area contributed by atoms with E-state index in [1.807, 2.05) is 7.05 Å². The zero-order chi connectivity index (χ0) is 16.1. The van der Waals surface area contributed by atoms with Crippen LogP contribution in [0.25, 0.3) is 10.9 Å². The Bertz CT molecular complexity index is 658. The summed E-state index contributed by atoms with van der Waals surface area (Å²) in [6, 6.07) is 8.43. The van der Waals surface area contributed by atoms with Crippen molar-refractivity contribution in [3.63, 3.8) is 0 Å². The van der Waals surface area contributed by atoms with Crippen molar-refractivity contribution in [1.29, 1.82) is 0 Å². The summed E-state index contributed by atoms with van der Waals surface area (Å²) in [6.07, 6.45) is 4.23. The Morgan fingerprint density at radius 2 is 2.30 bits per heavy atom. The Hall–Kier alpha value is -2.01. The summed E-state index contributed by atoms with van der Waals surface area (Å²) in [5.41, 5.74) is 2.54. The SMILES string of the molecule is CN=C(NCCc1c[nH]c2ccccc12)N(C)CC1CCOC1. The third kappa shape index (κ3) is 3.85. The van der Waals surface area contributed by atoms with Crippen LogP contribution in [-0.4, -0.2) is 56.2 Å². The highest BCUT2D eigenvalue weighted by Crippen LogP contribution is 2.17. The van der Waals surface area contributed by atoms with Crippen molar-refractivity contribution in [2.24, 2.45) is 10.9 Å². The Labute approximate surface area is 137 Å². The first kappa shape index (κ1) is 15.9. The van der Waals surface area contributed by atoms with Crippen molar-refractivity contribution in [1.82, 2.24) is 15.2 Å². The molecular weight excluding hydrogens is 288 g/mol. The molecule has 3 rings (SSSR count). The number of rotatable bonds is 5. The minimum absolute atomic E-state index is 0.618. The standard InChI is InChI=1S/C18H26N4O/c1-19-18(22(2)12-14-8-10-23-13-14)20-9-7-15-11-21-17-6-4-3-5-16(15)17/h3-6,11,14,21H,7-10,12-13H2,1-2H3,(H,19,20). The average Bonchev–Trinajstić information content (AvgIpc) is 3.21. The fourth-order valence-corrected chi connectivity index (χ4v) is 3.23. The lowest BCUT2D eigenvalue weighted by atomic mass is 10.1. The van der Waals surface area contributed by atoms with E-state index < -0.39 is 0 Å². The van der Waals surface area contributed by atoms with Gasteiger partial charge in [-0.1, -0.05) is 18.2 Å². The minimum Gasteiger partial charge on any atom is -0.381 e. The molecule has 2 aromatic rings. The van der Waals surface area contributed by atoms with Gasteiger partial charge in [0.15, 0.2) is 5.96 Å². The second-order valence-corrected chi connectivity index (χ2v) is 6.19. The lowest BCUT2D eigenvalue weighted by Crippen LogP contribution is -2.42. The smallest absolute Gasteiger partial charge is 0.193 e. The zero-order valence-corrected chi connectivity index (χ0v) is 14.0. The number of guanidine groups is 1. The molecule has 0 spiro atoms. The van der Waals surface area contributed by atoms with E-state index in [2.05, 4.69) is 57.7 Å². The quantitative estimate of drug-likeness (QED) is 0.657. The number of fused-ring (bicyclic) bond motifs is 1. The number of nitrogens with zero attached hydrogens (tertiary/aromatic N) is 2. The van der Waals surface area contributed by atoms with Crippen molar-refractivity contribution in [3.8, 4) is 0 Å². The maximum absolute atomic E-state index is 5.45. The topological polar surface area (TPSA) is 52.7 Å². The van der Waals surface area contributed by atoms with Crippen LogP contribution in [0.5, 0.6) is 0 Å². The molecule has 1 aliphatic rings. The van der Waals surface area contributed by atoms with Crippen molar-refractivity contribution >= 4 is 16.9 Å². The van der Waals surface area contributed by atoms with E-state index in [1.165, 1.54) is 16.5 Å². The van der Waals surface area contributed by atoms with E-state index in [-0.39, 0.29) is 0 Å². The predicted octanol–water partition coefficient (Wildman–Crippen LogP) is 2.25. The summed E-state index contributed by atoms with van der Waals surface area (Å²) in [6.45, 7) is 3.63. The number of aromatic amines is 1. The van der Waals surface area contributed by atoms with Crippen LogP contribution in [0.2, 0.25) is 0 Å². The molecule has 5 heteroatoms. The Morgan fingerprint density at radius 3 is 3.09 bits per heavy atom. The maximum Gasteiger partial charge on any atom is 0.193 e. The fourth-order valence-electron chi connectivity index (χ4n) is 3.23. The molecule has 124 valence electrons. The van der Waals surface area contributed by atoms with Crippen LogP contribution in [-0.2, 0) is 11.2 Å². The van der Waals surface area contributed by atoms with Gasteiger partial charge in [0.1, 0.15) is 0 Å². The molecule has 1 unspecified atom stereocenters. The number of aromatic nitrogens is 1. The predicted molar refractivity (Wildman–Crippen MR) is 94.9 cm³/mol. The Kier molecular flexibility index (Phi) is 5.18. The first-order valence-corrected chi connectivity index (χ1v) is 8.32. The number of ether oxygens (including phenoxy) is 1. The van der Waals surface area contributed by atoms with Crippen molar-refractivity contribution < 1.29 is 4.74 Å². The molecule has 0 aliphatic carbocycles. The second kappa shape index (κ2) is 7.51. The molecule has 1 aromatic carbocycles. The number of aliphatic imine (C=N–C) groups is 1. The molecule has 1 aliphatic heterocycles. The zero-order valence-electron chi connectivity index (χ0n) is 14.0. The van der Waals surface area contributed by atoms with Crippen LogP contribution < -0.4 is 5.32 Å². The minimum atomic E-state index is 0.618. The molecule has 1 fully saturated rings. The van der Waals surface area contributed by atoms with Crippen LogP contribution >= 0.6 is 0 Å². The molecule has 0 amide bonds. The van der Waals surface area contributed by atoms with Gasteiger partial charge in [-0.2, -0.15) is 0 Å². The van der Waals surface area contributed by atoms with E-state index in [4.69, 9.17) is 4.74 Å². The van der Waals surface area contributed by atoms with Gasteiger partial charge in [0.05, 0.1) is 6.61 Å². The largest absolute Gasteiger partial charge is 0.381 e. The molecule has 5 nitrogen and oxygen atoms in total. The van der Waals surface area contributed by atoms with E-state index in [1.54, 1.807) is 0 Å². The molecule has 1 atom stereocenters. The van der Waals surface area contributed by atoms with Gasteiger partial charge in [-0.3, -0.25) is 4.99 Å². The van der Waals surface area contributed by atoms with E-state index in [9.17, 15) is 0 Å². The van der Waals surface area contributed by atoms with Gasteiger partial charge in [0.25, 0.3) is 0 Å². The Morgan fingerprint density at radius 1 is 1.43 bits per heavy atom. The maximum atomic E-state index is 5.45. The van der Waals surface area contributed by atoms with Crippen LogP contribution in [0.1, 0.15) is 12.0 Å². The van der Waals surface area contributed by atoms with Gasteiger partial charge >= 0.3 is 0 Å². The van der Waals surface area contributed by atoms with Gasteiger partial charge in [-0.05, 0) is 24.5 Å². The highest BCUT2D eigenvalue weighted by Gasteiger charge is 2.18. The highest BCUT2D eigenvalue weighted by molar-refractivity contribution is 5.83. The van der Waals surface area contributed by atoms with Crippen LogP contribution in [0.15, 0.2) is 35.5 Å². The van der Waals surface area contributed by atoms with E-state index in [0.29, 0.717) is 5.92 Å². The molecule has 2 N–H and O–H groups in total. The van der Waals surface area contributed by atoms with Gasteiger partial charge in [-0.15, -0.1) is 0 Å². The lowest BCUT2D eigenvalue weighted by Gasteiger charge is -2.24. The molecule has 0 bridgehead atoms. The lowest BCUT2D eigenvalue weighted by molar-refractivity contribution is 0.181. The van der Waals surface area contributed by atoms with Crippen molar-refractivity contribution in [2.45, 2.75) is 12.8 Å². The van der Waals surface area contributed by atoms with Crippen LogP contribution in [0.4, 0.5) is 0 Å². The molecule has 2 heterocycles. The fraction of sp³-hybridized carbons (Fsp3) is 0.500. The third-order valence-corrected chi connectivity index (χ3v) is 4.48. The molecule has 0 radical (unpaired) electrons. The summed E-state index contributed by atoms with van der Waals surface area (Å²) in [7, 11) is 3.94. The van der Waals surface area contributed by atoms with Gasteiger partial charge in [0.2, 0.25) is 0 Å². The van der Waals surface area contributed by atoms with Crippen molar-refractivity contribution in [3.05, 3.63) is 36.0 Å². The monoisotopic (exact) mass is 314 g/mol. The Balaban J connectivity index is 1.51. The van der Waals surface area contributed by atoms with Crippen LogP contribution in [0, 0.1) is 5.92 Å². The average molecular weight is 314 g/mol. The number of benzene rings is 1. The number of para-hydroxylation sites is 1. The summed E-state index contributed by atoms with van der Waals surface area (Å²) in [5, 5.41) is 4.77. The molecule has 1 aromatic heterocycles. The normalized spacial score (nSPS) is 18.5. The molecule has 1 saturated heterocycles. The number of H-pyrrole nitrogens is 1. The number of hydrogen-bond donors (Lipinski definition) is 2. The van der Waals surface area contributed by atoms with Gasteiger partial charge in [0, 0.05) is 56.8 Å². The molecular formula is C18H26N4O. The second-order valence-electron chi connectivity index (χ2n) is 6.19. The summed E-state index contributed by atoms with van der Waals surface area (Å²) >= 11 is 0.